The second-order valence-electron chi connectivity index (χ2n) is 3.70. The highest BCUT2D eigenvalue weighted by atomic mass is 28.4. The SMILES string of the molecule is CCO.CO[Si](CCCC=C(C)C(=O)O)(OC)OC. The van der Waals surface area contributed by atoms with Gasteiger partial charge in [-0.1, -0.05) is 6.08 Å². The topological polar surface area (TPSA) is 85.2 Å². The van der Waals surface area contributed by atoms with Crippen molar-refractivity contribution in [2.24, 2.45) is 0 Å². The van der Waals surface area contributed by atoms with Crippen LogP contribution in [-0.2, 0) is 18.1 Å². The van der Waals surface area contributed by atoms with Gasteiger partial charge in [-0.05, 0) is 26.7 Å². The van der Waals surface area contributed by atoms with Crippen LogP contribution < -0.4 is 0 Å². The van der Waals surface area contributed by atoms with Crippen LogP contribution in [0.15, 0.2) is 11.6 Å². The summed E-state index contributed by atoms with van der Waals surface area (Å²) in [6.07, 6.45) is 3.16. The Bertz CT molecular complexity index is 255. The Balaban J connectivity index is 0. The molecule has 0 amide bonds. The maximum Gasteiger partial charge on any atom is 0.500 e. The molecule has 0 aliphatic rings. The molecule has 114 valence electrons. The van der Waals surface area contributed by atoms with Crippen LogP contribution in [0.4, 0.5) is 0 Å². The molecule has 0 unspecified atom stereocenters. The highest BCUT2D eigenvalue weighted by molar-refractivity contribution is 6.60. The number of aliphatic carboxylic acids is 1. The normalized spacial score (nSPS) is 11.8. The highest BCUT2D eigenvalue weighted by Gasteiger charge is 2.36. The van der Waals surface area contributed by atoms with E-state index in [1.54, 1.807) is 41.3 Å². The number of carbonyl (C=O) groups is 1. The van der Waals surface area contributed by atoms with Gasteiger partial charge in [0.2, 0.25) is 0 Å². The van der Waals surface area contributed by atoms with Crippen LogP contribution in [0.5, 0.6) is 0 Å². The van der Waals surface area contributed by atoms with E-state index in [0.29, 0.717) is 18.0 Å². The molecule has 6 nitrogen and oxygen atoms in total. The van der Waals surface area contributed by atoms with Crippen LogP contribution in [0.25, 0.3) is 0 Å². The van der Waals surface area contributed by atoms with Crippen molar-refractivity contribution in [2.45, 2.75) is 32.7 Å². The van der Waals surface area contributed by atoms with Gasteiger partial charge in [-0.2, -0.15) is 0 Å². The van der Waals surface area contributed by atoms with Crippen molar-refractivity contribution in [1.29, 1.82) is 0 Å². The van der Waals surface area contributed by atoms with Crippen LogP contribution in [0, 0.1) is 0 Å². The average Bonchev–Trinajstić information content (AvgIpc) is 2.40. The summed E-state index contributed by atoms with van der Waals surface area (Å²) in [5.41, 5.74) is 0.361. The van der Waals surface area contributed by atoms with Crippen LogP contribution in [0.1, 0.15) is 26.7 Å². The smallest absolute Gasteiger partial charge is 0.478 e. The summed E-state index contributed by atoms with van der Waals surface area (Å²) in [5.74, 6) is -0.881. The van der Waals surface area contributed by atoms with Crippen molar-refractivity contribution >= 4 is 14.8 Å². The fourth-order valence-corrected chi connectivity index (χ4v) is 3.03. The predicted molar refractivity (Wildman–Crippen MR) is 75.0 cm³/mol. The number of hydrogen-bond donors (Lipinski definition) is 2. The maximum atomic E-state index is 10.5. The summed E-state index contributed by atoms with van der Waals surface area (Å²) in [5, 5.41) is 16.2. The molecule has 0 aromatic heterocycles. The molecule has 0 saturated heterocycles. The zero-order valence-electron chi connectivity index (χ0n) is 12.4. The van der Waals surface area contributed by atoms with E-state index in [0.717, 1.165) is 6.42 Å². The van der Waals surface area contributed by atoms with E-state index in [2.05, 4.69) is 0 Å². The summed E-state index contributed by atoms with van der Waals surface area (Å²) in [4.78, 5) is 10.5. The van der Waals surface area contributed by atoms with Gasteiger partial charge in [-0.15, -0.1) is 0 Å². The summed E-state index contributed by atoms with van der Waals surface area (Å²) >= 11 is 0. The molecule has 0 spiro atoms. The van der Waals surface area contributed by atoms with Gasteiger partial charge in [-0.3, -0.25) is 0 Å². The van der Waals surface area contributed by atoms with Crippen molar-refractivity contribution in [2.75, 3.05) is 27.9 Å². The molecular formula is C12H26O6Si. The molecule has 0 aliphatic carbocycles. The quantitative estimate of drug-likeness (QED) is 0.402. The van der Waals surface area contributed by atoms with Crippen molar-refractivity contribution in [1.82, 2.24) is 0 Å². The Morgan fingerprint density at radius 1 is 1.21 bits per heavy atom. The molecule has 0 rings (SSSR count). The lowest BCUT2D eigenvalue weighted by atomic mass is 10.2. The van der Waals surface area contributed by atoms with Gasteiger partial charge in [0.1, 0.15) is 0 Å². The first-order chi connectivity index (χ1) is 8.92. The summed E-state index contributed by atoms with van der Waals surface area (Å²) in [6, 6.07) is 0.680. The Labute approximate surface area is 116 Å². The second-order valence-corrected chi connectivity index (χ2v) is 6.79. The van der Waals surface area contributed by atoms with Crippen molar-refractivity contribution in [3.8, 4) is 0 Å². The number of allylic oxidation sites excluding steroid dienone is 1. The molecular weight excluding hydrogens is 268 g/mol. The summed E-state index contributed by atoms with van der Waals surface area (Å²) < 4.78 is 15.7. The van der Waals surface area contributed by atoms with Crippen molar-refractivity contribution in [3.63, 3.8) is 0 Å². The fourth-order valence-electron chi connectivity index (χ4n) is 1.28. The molecule has 0 radical (unpaired) electrons. The monoisotopic (exact) mass is 294 g/mol. The third-order valence-corrected chi connectivity index (χ3v) is 5.24. The number of rotatable bonds is 8. The number of aliphatic hydroxyl groups is 1. The lowest BCUT2D eigenvalue weighted by Gasteiger charge is -2.23. The van der Waals surface area contributed by atoms with Gasteiger partial charge >= 0.3 is 14.8 Å². The molecule has 0 atom stereocenters. The van der Waals surface area contributed by atoms with Gasteiger partial charge < -0.3 is 23.5 Å². The Morgan fingerprint density at radius 2 is 1.63 bits per heavy atom. The van der Waals surface area contributed by atoms with E-state index in [-0.39, 0.29) is 6.61 Å². The largest absolute Gasteiger partial charge is 0.500 e. The van der Waals surface area contributed by atoms with E-state index in [1.165, 1.54) is 0 Å². The molecule has 7 heteroatoms. The maximum absolute atomic E-state index is 10.5. The molecule has 0 heterocycles. The first-order valence-corrected chi connectivity index (χ1v) is 8.02. The van der Waals surface area contributed by atoms with Gasteiger partial charge in [0, 0.05) is 39.6 Å². The molecule has 0 aromatic rings. The minimum absolute atomic E-state index is 0.250. The highest BCUT2D eigenvalue weighted by Crippen LogP contribution is 2.16. The van der Waals surface area contributed by atoms with E-state index in [4.69, 9.17) is 23.5 Å². The molecule has 2 N–H and O–H groups in total. The molecule has 0 aliphatic heterocycles. The molecule has 0 saturated carbocycles. The van der Waals surface area contributed by atoms with E-state index < -0.39 is 14.8 Å². The predicted octanol–water partition coefficient (Wildman–Crippen LogP) is 1.67. The number of unbranched alkanes of at least 4 members (excludes halogenated alkanes) is 1. The van der Waals surface area contributed by atoms with Gasteiger partial charge in [-0.25, -0.2) is 4.79 Å². The summed E-state index contributed by atoms with van der Waals surface area (Å²) in [6.45, 7) is 3.51. The molecule has 0 fully saturated rings. The first-order valence-electron chi connectivity index (χ1n) is 6.09. The molecule has 19 heavy (non-hydrogen) atoms. The summed E-state index contributed by atoms with van der Waals surface area (Å²) in [7, 11) is 2.21. The minimum atomic E-state index is -2.49. The van der Waals surface area contributed by atoms with E-state index in [9.17, 15) is 4.79 Å². The lowest BCUT2D eigenvalue weighted by Crippen LogP contribution is -2.42. The second kappa shape index (κ2) is 12.3. The van der Waals surface area contributed by atoms with Crippen molar-refractivity contribution < 1.29 is 28.3 Å². The number of carboxylic acid groups (broad SMARTS) is 1. The third kappa shape index (κ3) is 9.80. The Hall–Kier alpha value is -0.733. The number of aliphatic hydroxyl groups excluding tert-OH is 1. The van der Waals surface area contributed by atoms with E-state index in [1.807, 2.05) is 0 Å². The first kappa shape index (κ1) is 20.6. The standard InChI is InChI=1S/C10H20O5Si.C2H6O/c1-9(10(11)12)7-5-6-8-16(13-2,14-3)15-4;1-2-3/h7H,5-6,8H2,1-4H3,(H,11,12);3H,2H2,1H3. The number of hydrogen-bond acceptors (Lipinski definition) is 5. The fraction of sp³-hybridized carbons (Fsp3) is 0.750. The van der Waals surface area contributed by atoms with Crippen LogP contribution >= 0.6 is 0 Å². The van der Waals surface area contributed by atoms with Crippen molar-refractivity contribution in [3.05, 3.63) is 11.6 Å². The van der Waals surface area contributed by atoms with Gasteiger partial charge in [0.25, 0.3) is 0 Å². The lowest BCUT2D eigenvalue weighted by molar-refractivity contribution is -0.132. The van der Waals surface area contributed by atoms with Crippen LogP contribution in [0.3, 0.4) is 0 Å². The van der Waals surface area contributed by atoms with Crippen LogP contribution in [0.2, 0.25) is 6.04 Å². The Kier molecular flexibility index (Phi) is 13.3. The number of carboxylic acids is 1. The van der Waals surface area contributed by atoms with Gasteiger partial charge in [0.05, 0.1) is 0 Å². The average molecular weight is 294 g/mol. The third-order valence-electron chi connectivity index (χ3n) is 2.41. The Morgan fingerprint density at radius 3 is 1.95 bits per heavy atom. The zero-order chi connectivity index (χ0) is 15.3. The van der Waals surface area contributed by atoms with Gasteiger partial charge in [0.15, 0.2) is 0 Å². The minimum Gasteiger partial charge on any atom is -0.478 e. The molecule has 0 bridgehead atoms. The van der Waals surface area contributed by atoms with Crippen LogP contribution in [-0.4, -0.2) is 52.9 Å². The van der Waals surface area contributed by atoms with E-state index >= 15 is 0 Å². The zero-order valence-corrected chi connectivity index (χ0v) is 13.4. The molecule has 0 aromatic carbocycles.